The van der Waals surface area contributed by atoms with Crippen LogP contribution in [0.2, 0.25) is 0 Å². The maximum Gasteiger partial charge on any atom is 1.00 e. The van der Waals surface area contributed by atoms with Crippen molar-refractivity contribution in [3.8, 4) is 0 Å². The van der Waals surface area contributed by atoms with Crippen molar-refractivity contribution >= 4 is 16.2 Å². The molecule has 0 aliphatic carbocycles. The average Bonchev–Trinajstić information content (AvgIpc) is 2.00. The molecule has 0 saturated carbocycles. The topological polar surface area (TPSA) is 40.1 Å². The van der Waals surface area contributed by atoms with Gasteiger partial charge in [-0.05, 0) is 17.7 Å². The standard InChI is InChI=1S/C7H5F5O2S.Na/c8-15(9,10,11,12)6-3-1-5(2-4-6)7(13)14;/h1-4H,(H,13,14);/q;+1/p-1. The molecule has 0 aliphatic rings. The van der Waals surface area contributed by atoms with Crippen LogP contribution in [0.5, 0.6) is 0 Å². The minimum absolute atomic E-state index is 0. The molecule has 0 unspecified atom stereocenters. The van der Waals surface area contributed by atoms with Crippen LogP contribution in [0.25, 0.3) is 0 Å². The second-order valence-electron chi connectivity index (χ2n) is 2.78. The van der Waals surface area contributed by atoms with Crippen molar-refractivity contribution in [2.45, 2.75) is 4.90 Å². The summed E-state index contributed by atoms with van der Waals surface area (Å²) in [4.78, 5) is 8.03. The fraction of sp³-hybridized carbons (Fsp3) is 0. The van der Waals surface area contributed by atoms with Crippen molar-refractivity contribution in [2.24, 2.45) is 0 Å². The predicted molar refractivity (Wildman–Crippen MR) is 42.2 cm³/mol. The Labute approximate surface area is 109 Å². The van der Waals surface area contributed by atoms with Gasteiger partial charge in [0.15, 0.2) is 0 Å². The minimum atomic E-state index is -9.70. The van der Waals surface area contributed by atoms with E-state index in [1.54, 1.807) is 0 Å². The normalized spacial score (nSPS) is 15.6. The number of hydrogen-bond donors (Lipinski definition) is 0. The summed E-state index contributed by atoms with van der Waals surface area (Å²) in [5.74, 6) is -1.73. The first-order valence-electron chi connectivity index (χ1n) is 3.46. The summed E-state index contributed by atoms with van der Waals surface area (Å²) in [5.41, 5.74) is -0.597. The molecule has 1 rings (SSSR count). The molecule has 0 saturated heterocycles. The number of carbonyl (C=O) groups is 1. The maximum absolute atomic E-state index is 12.1. The van der Waals surface area contributed by atoms with E-state index in [1.165, 1.54) is 0 Å². The van der Waals surface area contributed by atoms with E-state index in [1.807, 2.05) is 0 Å². The monoisotopic (exact) mass is 270 g/mol. The van der Waals surface area contributed by atoms with Crippen LogP contribution < -0.4 is 34.7 Å². The molecule has 1 aromatic rings. The van der Waals surface area contributed by atoms with Crippen molar-refractivity contribution in [1.82, 2.24) is 0 Å². The van der Waals surface area contributed by atoms with E-state index in [-0.39, 0.29) is 41.7 Å². The van der Waals surface area contributed by atoms with E-state index >= 15 is 0 Å². The molecule has 9 heteroatoms. The predicted octanol–water partition coefficient (Wildman–Crippen LogP) is -0.288. The second-order valence-corrected chi connectivity index (χ2v) is 5.19. The van der Waals surface area contributed by atoms with Crippen LogP contribution in [0.3, 0.4) is 0 Å². The molecule has 0 atom stereocenters. The number of hydrogen-bond acceptors (Lipinski definition) is 2. The van der Waals surface area contributed by atoms with Gasteiger partial charge in [-0.25, -0.2) is 0 Å². The SMILES string of the molecule is O=C([O-])c1ccc(S(F)(F)(F)(F)F)cc1.[Na+]. The van der Waals surface area contributed by atoms with Gasteiger partial charge in [-0.3, -0.25) is 0 Å². The van der Waals surface area contributed by atoms with E-state index in [2.05, 4.69) is 0 Å². The van der Waals surface area contributed by atoms with Gasteiger partial charge in [0.2, 0.25) is 0 Å². The molecule has 0 fully saturated rings. The van der Waals surface area contributed by atoms with Gasteiger partial charge < -0.3 is 9.90 Å². The van der Waals surface area contributed by atoms with E-state index in [9.17, 15) is 29.3 Å². The van der Waals surface area contributed by atoms with Crippen LogP contribution in [0, 0.1) is 0 Å². The number of halogens is 5. The third-order valence-electron chi connectivity index (χ3n) is 1.54. The smallest absolute Gasteiger partial charge is 0.545 e. The van der Waals surface area contributed by atoms with Crippen LogP contribution in [-0.4, -0.2) is 5.97 Å². The molecular formula is C7H4F5NaO2S. The second kappa shape index (κ2) is 3.59. The first-order chi connectivity index (χ1) is 6.40. The Morgan fingerprint density at radius 3 is 1.62 bits per heavy atom. The van der Waals surface area contributed by atoms with E-state index < -0.39 is 26.7 Å². The largest absolute Gasteiger partial charge is 1.00 e. The van der Waals surface area contributed by atoms with Crippen molar-refractivity contribution in [1.29, 1.82) is 0 Å². The molecule has 86 valence electrons. The Bertz CT molecular complexity index is 412. The third-order valence-corrected chi connectivity index (χ3v) is 2.70. The molecule has 0 heterocycles. The van der Waals surface area contributed by atoms with Gasteiger partial charge >= 0.3 is 39.8 Å². The number of carboxylic acids is 1. The van der Waals surface area contributed by atoms with Crippen molar-refractivity contribution in [3.63, 3.8) is 0 Å². The van der Waals surface area contributed by atoms with E-state index in [0.717, 1.165) is 0 Å². The molecule has 16 heavy (non-hydrogen) atoms. The van der Waals surface area contributed by atoms with Gasteiger partial charge in [0.1, 0.15) is 4.90 Å². The summed E-state index contributed by atoms with van der Waals surface area (Å²) in [5, 5.41) is 10.2. The summed E-state index contributed by atoms with van der Waals surface area (Å²) in [6.45, 7) is 0. The number of carboxylic acid groups (broad SMARTS) is 1. The van der Waals surface area contributed by atoms with Gasteiger partial charge in [-0.2, -0.15) is 0 Å². The van der Waals surface area contributed by atoms with Gasteiger partial charge in [0, 0.05) is 0 Å². The van der Waals surface area contributed by atoms with E-state index in [0.29, 0.717) is 12.1 Å². The molecular weight excluding hydrogens is 266 g/mol. The van der Waals surface area contributed by atoms with Gasteiger partial charge in [0.25, 0.3) is 0 Å². The quantitative estimate of drug-likeness (QED) is 0.547. The molecule has 0 aromatic heterocycles. The minimum Gasteiger partial charge on any atom is -0.545 e. The zero-order valence-electron chi connectivity index (χ0n) is 7.92. The third kappa shape index (κ3) is 3.93. The molecule has 0 amide bonds. The Morgan fingerprint density at radius 1 is 1.00 bits per heavy atom. The van der Waals surface area contributed by atoms with Crippen molar-refractivity contribution in [3.05, 3.63) is 29.8 Å². The zero-order valence-corrected chi connectivity index (χ0v) is 10.7. The first-order valence-corrected chi connectivity index (χ1v) is 5.41. The number of rotatable bonds is 2. The zero-order chi connectivity index (χ0) is 12.0. The summed E-state index contributed by atoms with van der Waals surface area (Å²) in [6, 6.07) is 0.879. The molecule has 1 aromatic carbocycles. The summed E-state index contributed by atoms with van der Waals surface area (Å²) in [6.07, 6.45) is 0. The summed E-state index contributed by atoms with van der Waals surface area (Å²) in [7, 11) is -9.70. The Balaban J connectivity index is 0.00000225. The maximum atomic E-state index is 12.1. The fourth-order valence-electron chi connectivity index (χ4n) is 0.848. The Kier molecular flexibility index (Phi) is 3.52. The van der Waals surface area contributed by atoms with Crippen molar-refractivity contribution < 1.29 is 58.9 Å². The van der Waals surface area contributed by atoms with Gasteiger partial charge in [-0.15, -0.1) is 0 Å². The summed E-state index contributed by atoms with van der Waals surface area (Å²) < 4.78 is 60.6. The van der Waals surface area contributed by atoms with Gasteiger partial charge in [-0.1, -0.05) is 31.6 Å². The Hall–Kier alpha value is -0.310. The molecule has 0 aliphatic heterocycles. The van der Waals surface area contributed by atoms with Crippen LogP contribution in [0.1, 0.15) is 10.4 Å². The average molecular weight is 270 g/mol. The number of carbonyl (C=O) groups excluding carboxylic acids is 1. The molecule has 0 radical (unpaired) electrons. The van der Waals surface area contributed by atoms with Crippen LogP contribution in [-0.2, 0) is 0 Å². The molecule has 2 nitrogen and oxygen atoms in total. The van der Waals surface area contributed by atoms with Crippen LogP contribution in [0.15, 0.2) is 29.2 Å². The van der Waals surface area contributed by atoms with E-state index in [4.69, 9.17) is 0 Å². The van der Waals surface area contributed by atoms with Gasteiger partial charge in [0.05, 0.1) is 5.97 Å². The number of benzene rings is 1. The number of aromatic carboxylic acids is 1. The van der Waals surface area contributed by atoms with Crippen molar-refractivity contribution in [2.75, 3.05) is 0 Å². The first kappa shape index (κ1) is 15.7. The fourth-order valence-corrected chi connectivity index (χ4v) is 1.50. The summed E-state index contributed by atoms with van der Waals surface area (Å²) >= 11 is 0. The Morgan fingerprint density at radius 2 is 1.38 bits per heavy atom. The molecule has 0 spiro atoms. The van der Waals surface area contributed by atoms with Crippen LogP contribution in [0.4, 0.5) is 19.4 Å². The molecule has 0 N–H and O–H groups in total. The molecule has 0 bridgehead atoms. The van der Waals surface area contributed by atoms with Crippen LogP contribution >= 0.6 is 10.2 Å².